The summed E-state index contributed by atoms with van der Waals surface area (Å²) in [6, 6.07) is 26.0. The second kappa shape index (κ2) is 10.1. The van der Waals surface area contributed by atoms with E-state index in [1.165, 1.54) is 0 Å². The maximum Gasteiger partial charge on any atom is 0.255 e. The summed E-state index contributed by atoms with van der Waals surface area (Å²) in [6.07, 6.45) is 0.982. The van der Waals surface area contributed by atoms with E-state index in [1.807, 2.05) is 60.7 Å². The molecule has 2 amide bonds. The number of aryl methyl sites for hydroxylation is 1. The molecule has 0 saturated carbocycles. The maximum atomic E-state index is 12.4. The van der Waals surface area contributed by atoms with Gasteiger partial charge in [-0.2, -0.15) is 0 Å². The Morgan fingerprint density at radius 2 is 1.41 bits per heavy atom. The number of amides is 2. The molecule has 3 aromatic carbocycles. The van der Waals surface area contributed by atoms with Gasteiger partial charge in [0.05, 0.1) is 0 Å². The van der Waals surface area contributed by atoms with Crippen LogP contribution in [0.1, 0.15) is 22.3 Å². The van der Waals surface area contributed by atoms with Crippen molar-refractivity contribution in [3.63, 3.8) is 0 Å². The van der Waals surface area contributed by atoms with Crippen molar-refractivity contribution in [2.45, 2.75) is 12.8 Å². The van der Waals surface area contributed by atoms with Gasteiger partial charge in [-0.05, 0) is 54.5 Å². The highest BCUT2D eigenvalue weighted by Gasteiger charge is 2.09. The molecular formula is C23H21N3O2S. The summed E-state index contributed by atoms with van der Waals surface area (Å²) in [5.74, 6) is -0.387. The third-order valence-corrected chi connectivity index (χ3v) is 4.35. The molecule has 0 saturated heterocycles. The summed E-state index contributed by atoms with van der Waals surface area (Å²) < 4.78 is 0. The monoisotopic (exact) mass is 403 g/mol. The molecule has 0 bridgehead atoms. The lowest BCUT2D eigenvalue weighted by atomic mass is 10.1. The predicted octanol–water partition coefficient (Wildman–Crippen LogP) is 4.38. The second-order valence-electron chi connectivity index (χ2n) is 6.39. The zero-order chi connectivity index (χ0) is 20.5. The molecule has 5 nitrogen and oxygen atoms in total. The smallest absolute Gasteiger partial charge is 0.255 e. The quantitative estimate of drug-likeness (QED) is 0.534. The molecule has 0 aliphatic heterocycles. The van der Waals surface area contributed by atoms with Crippen molar-refractivity contribution < 1.29 is 9.59 Å². The average molecular weight is 404 g/mol. The zero-order valence-corrected chi connectivity index (χ0v) is 16.5. The van der Waals surface area contributed by atoms with E-state index in [0.717, 1.165) is 11.3 Å². The second-order valence-corrected chi connectivity index (χ2v) is 6.80. The molecule has 0 spiro atoms. The number of benzene rings is 3. The van der Waals surface area contributed by atoms with Crippen molar-refractivity contribution in [1.29, 1.82) is 0 Å². The van der Waals surface area contributed by atoms with Gasteiger partial charge < -0.3 is 16.0 Å². The van der Waals surface area contributed by atoms with Crippen LogP contribution in [0.4, 0.5) is 11.4 Å². The van der Waals surface area contributed by atoms with Gasteiger partial charge >= 0.3 is 0 Å². The number of rotatable bonds is 6. The Kier molecular flexibility index (Phi) is 7.08. The number of hydrogen-bond acceptors (Lipinski definition) is 3. The Balaban J connectivity index is 1.52. The summed E-state index contributed by atoms with van der Waals surface area (Å²) in [4.78, 5) is 24.5. The molecule has 0 atom stereocenters. The minimum atomic E-state index is -0.224. The molecule has 0 aromatic heterocycles. The Morgan fingerprint density at radius 1 is 0.759 bits per heavy atom. The van der Waals surface area contributed by atoms with Crippen LogP contribution >= 0.6 is 12.2 Å². The van der Waals surface area contributed by atoms with Crippen molar-refractivity contribution in [1.82, 2.24) is 5.32 Å². The molecule has 0 unspecified atom stereocenters. The highest BCUT2D eigenvalue weighted by molar-refractivity contribution is 7.80. The normalized spacial score (nSPS) is 10.1. The summed E-state index contributed by atoms with van der Waals surface area (Å²) >= 11 is 5.21. The largest absolute Gasteiger partial charge is 0.332 e. The lowest BCUT2D eigenvalue weighted by Crippen LogP contribution is -2.34. The molecule has 3 N–H and O–H groups in total. The molecule has 0 radical (unpaired) electrons. The minimum absolute atomic E-state index is 0.163. The van der Waals surface area contributed by atoms with Gasteiger partial charge in [-0.15, -0.1) is 0 Å². The number of para-hydroxylation sites is 1. The lowest BCUT2D eigenvalue weighted by molar-refractivity contribution is -0.119. The van der Waals surface area contributed by atoms with E-state index in [4.69, 9.17) is 12.2 Å². The first-order chi connectivity index (χ1) is 14.1. The first-order valence-corrected chi connectivity index (χ1v) is 9.62. The summed E-state index contributed by atoms with van der Waals surface area (Å²) in [6.45, 7) is 0. The third-order valence-electron chi connectivity index (χ3n) is 4.15. The number of anilines is 2. The lowest BCUT2D eigenvalue weighted by Gasteiger charge is -2.11. The molecule has 0 heterocycles. The van der Waals surface area contributed by atoms with Crippen molar-refractivity contribution >= 4 is 40.5 Å². The van der Waals surface area contributed by atoms with Crippen LogP contribution < -0.4 is 16.0 Å². The topological polar surface area (TPSA) is 70.2 Å². The van der Waals surface area contributed by atoms with E-state index >= 15 is 0 Å². The van der Waals surface area contributed by atoms with Gasteiger partial charge in [0.2, 0.25) is 5.91 Å². The minimum Gasteiger partial charge on any atom is -0.332 e. The number of carbonyl (C=O) groups excluding carboxylic acids is 2. The van der Waals surface area contributed by atoms with Crippen LogP contribution in [0.2, 0.25) is 0 Å². The first kappa shape index (κ1) is 20.2. The molecule has 6 heteroatoms. The number of hydrogen-bond donors (Lipinski definition) is 3. The van der Waals surface area contributed by atoms with Gasteiger partial charge in [0.15, 0.2) is 5.11 Å². The highest BCUT2D eigenvalue weighted by atomic mass is 32.1. The molecule has 29 heavy (non-hydrogen) atoms. The average Bonchev–Trinajstić information content (AvgIpc) is 2.74. The molecule has 0 fully saturated rings. The van der Waals surface area contributed by atoms with Crippen LogP contribution in [0.15, 0.2) is 84.9 Å². The van der Waals surface area contributed by atoms with Crippen molar-refractivity contribution in [2.75, 3.05) is 10.6 Å². The van der Waals surface area contributed by atoms with Gasteiger partial charge in [-0.25, -0.2) is 0 Å². The van der Waals surface area contributed by atoms with Crippen LogP contribution in [0.3, 0.4) is 0 Å². The van der Waals surface area contributed by atoms with Crippen molar-refractivity contribution in [3.05, 3.63) is 96.1 Å². The van der Waals surface area contributed by atoms with Crippen LogP contribution in [-0.4, -0.2) is 16.9 Å². The van der Waals surface area contributed by atoms with E-state index in [1.54, 1.807) is 24.3 Å². The van der Waals surface area contributed by atoms with Gasteiger partial charge in [0.25, 0.3) is 5.91 Å². The summed E-state index contributed by atoms with van der Waals surface area (Å²) in [5.41, 5.74) is 2.92. The summed E-state index contributed by atoms with van der Waals surface area (Å²) in [7, 11) is 0. The van der Waals surface area contributed by atoms with E-state index in [-0.39, 0.29) is 16.9 Å². The third kappa shape index (κ3) is 6.55. The van der Waals surface area contributed by atoms with Gasteiger partial charge in [0, 0.05) is 23.4 Å². The van der Waals surface area contributed by atoms with Crippen LogP contribution in [0.5, 0.6) is 0 Å². The Labute approximate surface area is 175 Å². The predicted molar refractivity (Wildman–Crippen MR) is 120 cm³/mol. The van der Waals surface area contributed by atoms with E-state index in [2.05, 4.69) is 16.0 Å². The SMILES string of the molecule is O=C(CCc1ccccc1)NC(=S)Nc1cccc(C(=O)Nc2ccccc2)c1. The number of nitrogens with one attached hydrogen (secondary N) is 3. The molecule has 0 aliphatic rings. The first-order valence-electron chi connectivity index (χ1n) is 9.21. The van der Waals surface area contributed by atoms with Crippen LogP contribution in [0.25, 0.3) is 0 Å². The zero-order valence-electron chi connectivity index (χ0n) is 15.7. The molecule has 3 aromatic rings. The highest BCUT2D eigenvalue weighted by Crippen LogP contribution is 2.13. The van der Waals surface area contributed by atoms with E-state index in [9.17, 15) is 9.59 Å². The number of thiocarbonyl (C=S) groups is 1. The number of carbonyl (C=O) groups is 2. The van der Waals surface area contributed by atoms with Gasteiger partial charge in [-0.3, -0.25) is 9.59 Å². The Bertz CT molecular complexity index is 991. The molecule has 3 rings (SSSR count). The van der Waals surface area contributed by atoms with Crippen molar-refractivity contribution in [2.24, 2.45) is 0 Å². The van der Waals surface area contributed by atoms with E-state index in [0.29, 0.717) is 24.1 Å². The fourth-order valence-corrected chi connectivity index (χ4v) is 2.95. The standard InChI is InChI=1S/C23H21N3O2S/c27-21(15-14-17-8-3-1-4-9-17)26-23(29)25-20-13-7-10-18(16-20)22(28)24-19-11-5-2-6-12-19/h1-13,16H,14-15H2,(H,24,28)(H2,25,26,27,29). The van der Waals surface area contributed by atoms with Gasteiger partial charge in [0.1, 0.15) is 0 Å². The summed E-state index contributed by atoms with van der Waals surface area (Å²) in [5, 5.41) is 8.65. The molecule has 146 valence electrons. The van der Waals surface area contributed by atoms with E-state index < -0.39 is 0 Å². The Hall–Kier alpha value is -3.51. The Morgan fingerprint density at radius 3 is 2.14 bits per heavy atom. The van der Waals surface area contributed by atoms with Crippen molar-refractivity contribution in [3.8, 4) is 0 Å². The fourth-order valence-electron chi connectivity index (χ4n) is 2.72. The molecule has 0 aliphatic carbocycles. The van der Waals surface area contributed by atoms with Crippen LogP contribution in [-0.2, 0) is 11.2 Å². The maximum absolute atomic E-state index is 12.4. The van der Waals surface area contributed by atoms with Crippen LogP contribution in [0, 0.1) is 0 Å². The fraction of sp³-hybridized carbons (Fsp3) is 0.0870. The van der Waals surface area contributed by atoms with Gasteiger partial charge in [-0.1, -0.05) is 54.6 Å². The molecular weight excluding hydrogens is 382 g/mol.